The monoisotopic (exact) mass is 427 g/mol. The minimum absolute atomic E-state index is 0.00947. The number of fused-ring (bicyclic) bond motifs is 1. The molecule has 1 N–H and O–H groups in total. The lowest BCUT2D eigenvalue weighted by Gasteiger charge is -2.14. The molecule has 0 atom stereocenters. The van der Waals surface area contributed by atoms with Gasteiger partial charge in [0.2, 0.25) is 10.0 Å². The Bertz CT molecular complexity index is 1160. The lowest BCUT2D eigenvalue weighted by molar-refractivity contribution is -0.384. The number of non-ortho nitro benzene ring substituents is 1. The summed E-state index contributed by atoms with van der Waals surface area (Å²) in [5.74, 6) is 0. The Kier molecular flexibility index (Phi) is 5.60. The molecule has 0 fully saturated rings. The normalized spacial score (nSPS) is 13.7. The van der Waals surface area contributed by atoms with Crippen molar-refractivity contribution in [2.24, 2.45) is 0 Å². The Balaban J connectivity index is 1.50. The van der Waals surface area contributed by atoms with E-state index in [0.29, 0.717) is 6.54 Å². The fourth-order valence-corrected chi connectivity index (χ4v) is 4.70. The molecule has 30 heavy (non-hydrogen) atoms. The number of benzene rings is 1. The van der Waals surface area contributed by atoms with E-state index < -0.39 is 14.9 Å². The quantitative estimate of drug-likeness (QED) is 0.457. The molecule has 0 saturated heterocycles. The van der Waals surface area contributed by atoms with Gasteiger partial charge in [-0.3, -0.25) is 19.8 Å². The molecule has 9 nitrogen and oxygen atoms in total. The second-order valence-electron chi connectivity index (χ2n) is 7.07. The van der Waals surface area contributed by atoms with Crippen molar-refractivity contribution in [2.45, 2.75) is 37.1 Å². The van der Waals surface area contributed by atoms with E-state index in [-0.39, 0.29) is 17.1 Å². The summed E-state index contributed by atoms with van der Waals surface area (Å²) in [6.45, 7) is 0.552. The van der Waals surface area contributed by atoms with E-state index >= 15 is 0 Å². The van der Waals surface area contributed by atoms with Gasteiger partial charge in [-0.2, -0.15) is 5.10 Å². The van der Waals surface area contributed by atoms with Crippen LogP contribution in [0.2, 0.25) is 0 Å². The second-order valence-corrected chi connectivity index (χ2v) is 8.83. The minimum atomic E-state index is -3.77. The number of hydrogen-bond donors (Lipinski definition) is 1. The van der Waals surface area contributed by atoms with Gasteiger partial charge in [0.15, 0.2) is 0 Å². The molecular formula is C20H21N5O4S. The van der Waals surface area contributed by atoms with Gasteiger partial charge in [0.05, 0.1) is 22.1 Å². The van der Waals surface area contributed by atoms with Crippen molar-refractivity contribution < 1.29 is 13.3 Å². The van der Waals surface area contributed by atoms with Crippen LogP contribution >= 0.6 is 0 Å². The van der Waals surface area contributed by atoms with Crippen molar-refractivity contribution in [3.8, 4) is 11.4 Å². The van der Waals surface area contributed by atoms with Crippen LogP contribution in [0.15, 0.2) is 53.6 Å². The molecule has 4 rings (SSSR count). The van der Waals surface area contributed by atoms with Crippen molar-refractivity contribution in [1.29, 1.82) is 0 Å². The lowest BCUT2D eigenvalue weighted by Crippen LogP contribution is -2.28. The maximum Gasteiger partial charge on any atom is 0.269 e. The number of hydrogen-bond acceptors (Lipinski definition) is 6. The maximum absolute atomic E-state index is 12.5. The van der Waals surface area contributed by atoms with Crippen LogP contribution in [0.25, 0.3) is 11.4 Å². The summed E-state index contributed by atoms with van der Waals surface area (Å²) < 4.78 is 29.4. The van der Waals surface area contributed by atoms with Gasteiger partial charge in [0.1, 0.15) is 5.69 Å². The summed E-state index contributed by atoms with van der Waals surface area (Å²) >= 11 is 0. The SMILES string of the molecule is O=[N+]([O-])c1ccc(S(=O)(=O)NCCn2nc(-c3ccccn3)c3c2CCCC3)cc1. The van der Waals surface area contributed by atoms with Crippen LogP contribution in [0.5, 0.6) is 0 Å². The Hall–Kier alpha value is -3.11. The summed E-state index contributed by atoms with van der Waals surface area (Å²) in [5.41, 5.74) is 3.86. The zero-order valence-corrected chi connectivity index (χ0v) is 17.0. The molecule has 1 aliphatic carbocycles. The van der Waals surface area contributed by atoms with Crippen molar-refractivity contribution in [3.05, 3.63) is 70.0 Å². The number of nitro benzene ring substituents is 1. The highest BCUT2D eigenvalue weighted by molar-refractivity contribution is 7.89. The van der Waals surface area contributed by atoms with Crippen molar-refractivity contribution in [1.82, 2.24) is 19.5 Å². The molecule has 0 saturated carbocycles. The fraction of sp³-hybridized carbons (Fsp3) is 0.300. The summed E-state index contributed by atoms with van der Waals surface area (Å²) in [7, 11) is -3.77. The molecule has 3 aromatic rings. The van der Waals surface area contributed by atoms with Crippen LogP contribution in [0.1, 0.15) is 24.1 Å². The van der Waals surface area contributed by atoms with Gasteiger partial charge in [-0.05, 0) is 49.9 Å². The first-order valence-electron chi connectivity index (χ1n) is 9.70. The van der Waals surface area contributed by atoms with Crippen LogP contribution in [0, 0.1) is 10.1 Å². The van der Waals surface area contributed by atoms with Crippen LogP contribution in [0.3, 0.4) is 0 Å². The first-order valence-corrected chi connectivity index (χ1v) is 11.2. The Morgan fingerprint density at radius 1 is 1.10 bits per heavy atom. The molecule has 0 aliphatic heterocycles. The largest absolute Gasteiger partial charge is 0.269 e. The number of rotatable bonds is 7. The van der Waals surface area contributed by atoms with E-state index in [9.17, 15) is 18.5 Å². The third-order valence-corrected chi connectivity index (χ3v) is 6.61. The Labute approximate surface area is 174 Å². The van der Waals surface area contributed by atoms with Gasteiger partial charge in [0.25, 0.3) is 5.69 Å². The topological polar surface area (TPSA) is 120 Å². The van der Waals surface area contributed by atoms with E-state index in [1.54, 1.807) is 6.20 Å². The first-order chi connectivity index (χ1) is 14.5. The predicted molar refractivity (Wildman–Crippen MR) is 110 cm³/mol. The molecule has 10 heteroatoms. The van der Waals surface area contributed by atoms with E-state index in [1.807, 2.05) is 22.9 Å². The van der Waals surface area contributed by atoms with Gasteiger partial charge in [-0.1, -0.05) is 6.07 Å². The molecule has 2 heterocycles. The van der Waals surface area contributed by atoms with Crippen molar-refractivity contribution in [3.63, 3.8) is 0 Å². The number of nitro groups is 1. The molecule has 1 aromatic carbocycles. The van der Waals surface area contributed by atoms with Crippen molar-refractivity contribution >= 4 is 15.7 Å². The minimum Gasteiger partial charge on any atom is -0.267 e. The van der Waals surface area contributed by atoms with E-state index in [2.05, 4.69) is 9.71 Å². The van der Waals surface area contributed by atoms with Crippen LogP contribution in [-0.4, -0.2) is 34.7 Å². The average molecular weight is 427 g/mol. The standard InChI is InChI=1S/C20H21N5O4S/c26-25(27)15-8-10-16(11-9-15)30(28,29)22-13-14-24-19-7-2-1-5-17(19)20(23-24)18-6-3-4-12-21-18/h3-4,6,8-12,22H,1-2,5,7,13-14H2. The van der Waals surface area contributed by atoms with Gasteiger partial charge in [-0.25, -0.2) is 13.1 Å². The highest BCUT2D eigenvalue weighted by Gasteiger charge is 2.23. The number of aromatic nitrogens is 3. The van der Waals surface area contributed by atoms with Gasteiger partial charge >= 0.3 is 0 Å². The fourth-order valence-electron chi connectivity index (χ4n) is 3.68. The van der Waals surface area contributed by atoms with Gasteiger partial charge < -0.3 is 0 Å². The average Bonchev–Trinajstić information content (AvgIpc) is 3.13. The van der Waals surface area contributed by atoms with Crippen LogP contribution in [0.4, 0.5) is 5.69 Å². The Morgan fingerprint density at radius 3 is 2.57 bits per heavy atom. The molecule has 0 bridgehead atoms. The zero-order valence-electron chi connectivity index (χ0n) is 16.2. The van der Waals surface area contributed by atoms with E-state index in [1.165, 1.54) is 29.8 Å². The van der Waals surface area contributed by atoms with Gasteiger partial charge in [0, 0.05) is 36.1 Å². The zero-order chi connectivity index (χ0) is 21.1. The molecule has 0 spiro atoms. The third-order valence-electron chi connectivity index (χ3n) is 5.14. The third kappa shape index (κ3) is 4.10. The predicted octanol–water partition coefficient (Wildman–Crippen LogP) is 2.71. The number of nitrogens with one attached hydrogen (secondary N) is 1. The maximum atomic E-state index is 12.5. The number of sulfonamides is 1. The number of nitrogens with zero attached hydrogens (tertiary/aromatic N) is 4. The molecule has 2 aromatic heterocycles. The van der Waals surface area contributed by atoms with Crippen molar-refractivity contribution in [2.75, 3.05) is 6.54 Å². The van der Waals surface area contributed by atoms with E-state index in [0.717, 1.165) is 42.8 Å². The lowest BCUT2D eigenvalue weighted by atomic mass is 9.95. The molecule has 0 amide bonds. The van der Waals surface area contributed by atoms with E-state index in [4.69, 9.17) is 5.10 Å². The first kappa shape index (κ1) is 20.2. The Morgan fingerprint density at radius 2 is 1.87 bits per heavy atom. The van der Waals surface area contributed by atoms with Gasteiger partial charge in [-0.15, -0.1) is 0 Å². The summed E-state index contributed by atoms with van der Waals surface area (Å²) in [6.07, 6.45) is 5.77. The van der Waals surface area contributed by atoms with Crippen LogP contribution in [-0.2, 0) is 29.4 Å². The molecule has 1 aliphatic rings. The molecule has 0 unspecified atom stereocenters. The molecular weight excluding hydrogens is 406 g/mol. The number of pyridine rings is 1. The molecule has 156 valence electrons. The summed E-state index contributed by atoms with van der Waals surface area (Å²) in [6, 6.07) is 10.5. The highest BCUT2D eigenvalue weighted by Crippen LogP contribution is 2.30. The summed E-state index contributed by atoms with van der Waals surface area (Å²) in [4.78, 5) is 14.6. The summed E-state index contributed by atoms with van der Waals surface area (Å²) in [5, 5.41) is 15.5. The smallest absolute Gasteiger partial charge is 0.267 e. The highest BCUT2D eigenvalue weighted by atomic mass is 32.2. The van der Waals surface area contributed by atoms with Crippen LogP contribution < -0.4 is 4.72 Å². The second kappa shape index (κ2) is 8.33. The molecule has 0 radical (unpaired) electrons.